The number of hydrogen-bond donors (Lipinski definition) is 0. The molecule has 126 valence electrons. The molecule has 3 rings (SSSR count). The molecule has 0 aromatic heterocycles. The summed E-state index contributed by atoms with van der Waals surface area (Å²) in [5.41, 5.74) is -3.43. The fourth-order valence-electron chi connectivity index (χ4n) is 3.08. The van der Waals surface area contributed by atoms with Crippen molar-refractivity contribution < 1.29 is 26.3 Å². The summed E-state index contributed by atoms with van der Waals surface area (Å²) >= 11 is 0. The predicted octanol–water partition coefficient (Wildman–Crippen LogP) is 3.17. The summed E-state index contributed by atoms with van der Waals surface area (Å²) < 4.78 is 68.0. The zero-order valence-electron chi connectivity index (χ0n) is 12.6. The van der Waals surface area contributed by atoms with Gasteiger partial charge in [0, 0.05) is 18.7 Å². The Kier molecular flexibility index (Phi) is 3.53. The van der Waals surface area contributed by atoms with Crippen LogP contribution in [0.5, 0.6) is 0 Å². The second kappa shape index (κ2) is 4.98. The zero-order valence-corrected chi connectivity index (χ0v) is 13.4. The van der Waals surface area contributed by atoms with E-state index in [0.717, 1.165) is 22.9 Å². The first kappa shape index (κ1) is 16.3. The van der Waals surface area contributed by atoms with Crippen molar-refractivity contribution in [1.82, 2.24) is 4.31 Å². The van der Waals surface area contributed by atoms with Crippen molar-refractivity contribution in [2.45, 2.75) is 30.9 Å². The molecule has 0 radical (unpaired) electrons. The van der Waals surface area contributed by atoms with E-state index in [4.69, 9.17) is 4.74 Å². The van der Waals surface area contributed by atoms with Gasteiger partial charge in [-0.3, -0.25) is 4.31 Å². The molecule has 1 aromatic carbocycles. The third kappa shape index (κ3) is 2.53. The SMILES string of the molecule is CC1(C)OCC2CN(S(=O)(=O)C(F)(F)F)C=Cc3cccc1c32. The van der Waals surface area contributed by atoms with Crippen molar-refractivity contribution in [2.24, 2.45) is 0 Å². The molecule has 0 bridgehead atoms. The van der Waals surface area contributed by atoms with Crippen LogP contribution in [-0.2, 0) is 20.4 Å². The first-order chi connectivity index (χ1) is 10.5. The van der Waals surface area contributed by atoms with Gasteiger partial charge in [-0.25, -0.2) is 0 Å². The number of nitrogens with zero attached hydrogens (tertiary/aromatic N) is 1. The Morgan fingerprint density at radius 3 is 2.65 bits per heavy atom. The van der Waals surface area contributed by atoms with Crippen LogP contribution >= 0.6 is 0 Å². The quantitative estimate of drug-likeness (QED) is 0.784. The van der Waals surface area contributed by atoms with Gasteiger partial charge in [-0.2, -0.15) is 21.6 Å². The van der Waals surface area contributed by atoms with Crippen molar-refractivity contribution >= 4 is 16.1 Å². The molecule has 1 unspecified atom stereocenters. The molecule has 4 nitrogen and oxygen atoms in total. The molecule has 0 fully saturated rings. The zero-order chi connectivity index (χ0) is 17.0. The number of ether oxygens (including phenoxy) is 1. The Bertz CT molecular complexity index is 769. The lowest BCUT2D eigenvalue weighted by atomic mass is 9.81. The molecule has 2 heterocycles. The molecule has 23 heavy (non-hydrogen) atoms. The van der Waals surface area contributed by atoms with Gasteiger partial charge in [0.2, 0.25) is 0 Å². The molecule has 0 saturated carbocycles. The number of benzene rings is 1. The Labute approximate surface area is 132 Å². The number of rotatable bonds is 1. The van der Waals surface area contributed by atoms with Gasteiger partial charge in [0.15, 0.2) is 0 Å². The van der Waals surface area contributed by atoms with Gasteiger partial charge in [-0.05, 0) is 36.6 Å². The van der Waals surface area contributed by atoms with E-state index in [0.29, 0.717) is 4.31 Å². The highest BCUT2D eigenvalue weighted by molar-refractivity contribution is 7.90. The Morgan fingerprint density at radius 2 is 2.00 bits per heavy atom. The number of sulfonamides is 1. The molecule has 0 saturated heterocycles. The Balaban J connectivity index is 2.09. The molecular formula is C15H16F3NO3S. The summed E-state index contributed by atoms with van der Waals surface area (Å²) in [6, 6.07) is 5.43. The molecule has 2 aliphatic heterocycles. The van der Waals surface area contributed by atoms with Crippen molar-refractivity contribution in [3.8, 4) is 0 Å². The van der Waals surface area contributed by atoms with E-state index in [9.17, 15) is 21.6 Å². The minimum atomic E-state index is -5.41. The summed E-state index contributed by atoms with van der Waals surface area (Å²) in [5.74, 6) is -0.443. The largest absolute Gasteiger partial charge is 0.516 e. The smallest absolute Gasteiger partial charge is 0.370 e. The first-order valence-electron chi connectivity index (χ1n) is 7.08. The van der Waals surface area contributed by atoms with E-state index in [2.05, 4.69) is 0 Å². The van der Waals surface area contributed by atoms with Crippen LogP contribution in [0.3, 0.4) is 0 Å². The molecule has 2 aliphatic rings. The molecule has 1 aromatic rings. The third-order valence-corrected chi connectivity index (χ3v) is 5.74. The summed E-state index contributed by atoms with van der Waals surface area (Å²) in [5, 5.41) is 0. The number of halogens is 3. The highest BCUT2D eigenvalue weighted by Gasteiger charge is 2.50. The Morgan fingerprint density at radius 1 is 1.30 bits per heavy atom. The van der Waals surface area contributed by atoms with Crippen molar-refractivity contribution in [3.63, 3.8) is 0 Å². The molecule has 0 amide bonds. The molecule has 0 spiro atoms. The second-order valence-electron chi connectivity index (χ2n) is 6.16. The number of alkyl halides is 3. The normalized spacial score (nSPS) is 23.3. The predicted molar refractivity (Wildman–Crippen MR) is 78.9 cm³/mol. The topological polar surface area (TPSA) is 46.6 Å². The van der Waals surface area contributed by atoms with Crippen LogP contribution in [0.4, 0.5) is 13.2 Å². The van der Waals surface area contributed by atoms with Gasteiger partial charge < -0.3 is 4.74 Å². The summed E-state index contributed by atoms with van der Waals surface area (Å²) in [6.45, 7) is 3.65. The van der Waals surface area contributed by atoms with E-state index in [-0.39, 0.29) is 13.2 Å². The van der Waals surface area contributed by atoms with Gasteiger partial charge in [-0.15, -0.1) is 0 Å². The Hall–Kier alpha value is -1.54. The fourth-order valence-corrected chi connectivity index (χ4v) is 3.94. The van der Waals surface area contributed by atoms with Crippen LogP contribution in [0.15, 0.2) is 24.4 Å². The highest BCUT2D eigenvalue weighted by Crippen LogP contribution is 2.42. The standard InChI is InChI=1S/C15H16F3NO3S/c1-14(2)12-5-3-4-10-6-7-19(23(20,21)15(16,17)18)8-11(9-22-14)13(10)12/h3-7,11H,8-9H2,1-2H3. The molecule has 8 heteroatoms. The van der Waals surface area contributed by atoms with Crippen LogP contribution in [0.25, 0.3) is 6.08 Å². The molecule has 1 atom stereocenters. The van der Waals surface area contributed by atoms with Gasteiger partial charge in [0.25, 0.3) is 0 Å². The van der Waals surface area contributed by atoms with E-state index in [1.165, 1.54) is 6.08 Å². The first-order valence-corrected chi connectivity index (χ1v) is 8.52. The van der Waals surface area contributed by atoms with E-state index in [1.54, 1.807) is 12.1 Å². The number of hydrogen-bond acceptors (Lipinski definition) is 3. The summed E-state index contributed by atoms with van der Waals surface area (Å²) in [7, 11) is -5.41. The highest BCUT2D eigenvalue weighted by atomic mass is 32.2. The summed E-state index contributed by atoms with van der Waals surface area (Å²) in [6.07, 6.45) is 2.41. The molecule has 0 N–H and O–H groups in total. The average Bonchev–Trinajstić information content (AvgIpc) is 2.63. The molecular weight excluding hydrogens is 331 g/mol. The van der Waals surface area contributed by atoms with Gasteiger partial charge >= 0.3 is 15.5 Å². The third-order valence-electron chi connectivity index (χ3n) is 4.26. The van der Waals surface area contributed by atoms with E-state index < -0.39 is 27.1 Å². The summed E-state index contributed by atoms with van der Waals surface area (Å²) in [4.78, 5) is 0. The van der Waals surface area contributed by atoms with Crippen LogP contribution in [-0.4, -0.2) is 31.4 Å². The maximum Gasteiger partial charge on any atom is 0.516 e. The maximum atomic E-state index is 12.8. The van der Waals surface area contributed by atoms with Crippen molar-refractivity contribution in [2.75, 3.05) is 13.2 Å². The van der Waals surface area contributed by atoms with Crippen molar-refractivity contribution in [3.05, 3.63) is 41.1 Å². The average molecular weight is 347 g/mol. The van der Waals surface area contributed by atoms with Crippen molar-refractivity contribution in [1.29, 1.82) is 0 Å². The van der Waals surface area contributed by atoms with Crippen LogP contribution in [0.2, 0.25) is 0 Å². The van der Waals surface area contributed by atoms with E-state index >= 15 is 0 Å². The lowest BCUT2D eigenvalue weighted by Crippen LogP contribution is -2.41. The second-order valence-corrected chi connectivity index (χ2v) is 8.04. The maximum absolute atomic E-state index is 12.8. The monoisotopic (exact) mass is 347 g/mol. The van der Waals surface area contributed by atoms with Gasteiger partial charge in [-0.1, -0.05) is 18.2 Å². The van der Waals surface area contributed by atoms with Crippen LogP contribution < -0.4 is 0 Å². The molecule has 0 aliphatic carbocycles. The fraction of sp³-hybridized carbons (Fsp3) is 0.467. The lowest BCUT2D eigenvalue weighted by Gasteiger charge is -2.38. The van der Waals surface area contributed by atoms with Gasteiger partial charge in [0.1, 0.15) is 0 Å². The van der Waals surface area contributed by atoms with Crippen LogP contribution in [0, 0.1) is 0 Å². The van der Waals surface area contributed by atoms with Gasteiger partial charge in [0.05, 0.1) is 12.2 Å². The minimum Gasteiger partial charge on any atom is -0.370 e. The lowest BCUT2D eigenvalue weighted by molar-refractivity contribution is -0.0519. The minimum absolute atomic E-state index is 0.169. The van der Waals surface area contributed by atoms with E-state index in [1.807, 2.05) is 19.9 Å². The van der Waals surface area contributed by atoms with Crippen LogP contribution in [0.1, 0.15) is 36.5 Å².